The summed E-state index contributed by atoms with van der Waals surface area (Å²) in [6.07, 6.45) is -1.36. The summed E-state index contributed by atoms with van der Waals surface area (Å²) < 4.78 is 0. The van der Waals surface area contributed by atoms with Gasteiger partial charge in [0, 0.05) is 111 Å². The third-order valence-corrected chi connectivity index (χ3v) is 18.8. The number of hydrogen-bond acceptors (Lipinski definition) is 20. The molecule has 5 atom stereocenters. The number of aliphatic carboxylic acids is 3. The fourth-order valence-electron chi connectivity index (χ4n) is 11.0. The summed E-state index contributed by atoms with van der Waals surface area (Å²) in [5.74, 6) is -10.0. The quantitative estimate of drug-likeness (QED) is 0.0123. The number of halogens is 1. The van der Waals surface area contributed by atoms with Crippen LogP contribution in [-0.4, -0.2) is 151 Å². The second kappa shape index (κ2) is 30.7. The molecule has 32 heteroatoms. The number of nitrogens with two attached hydrogens (primary N) is 2. The number of aromatic hydroxyl groups is 1. The van der Waals surface area contributed by atoms with Crippen molar-refractivity contribution in [1.29, 1.82) is 0 Å². The molecule has 5 aromatic carbocycles. The average molecular weight is 1380 g/mol. The zero-order valence-corrected chi connectivity index (χ0v) is 53.6. The van der Waals surface area contributed by atoms with E-state index in [9.17, 15) is 73.2 Å². The topological polar surface area (TPSA) is 470 Å². The number of amides is 5. The number of nitrogens with one attached hydrogen (secondary N) is 8. The highest BCUT2D eigenvalue weighted by atomic mass is 35.5. The number of carboxylic acids is 3. The zero-order chi connectivity index (χ0) is 69.2. The van der Waals surface area contributed by atoms with Gasteiger partial charge < -0.3 is 73.3 Å². The Morgan fingerprint density at radius 2 is 1.37 bits per heavy atom. The van der Waals surface area contributed by atoms with Crippen LogP contribution in [0.25, 0.3) is 43.7 Å². The van der Waals surface area contributed by atoms with E-state index in [1.165, 1.54) is 18.3 Å². The Balaban J connectivity index is 0.627. The molecular weight excluding hydrogens is 1320 g/mol. The van der Waals surface area contributed by atoms with Gasteiger partial charge in [0.2, 0.25) is 17.8 Å². The number of ketones is 2. The second-order valence-corrected chi connectivity index (χ2v) is 25.8. The third kappa shape index (κ3) is 17.0. The van der Waals surface area contributed by atoms with Crippen molar-refractivity contribution in [2.45, 2.75) is 75.5 Å². The van der Waals surface area contributed by atoms with Gasteiger partial charge in [-0.15, -0.1) is 11.6 Å². The number of carbonyl (C=O) groups excluding carboxylic acids is 7. The summed E-state index contributed by atoms with van der Waals surface area (Å²) in [5, 5.41) is 56.4. The van der Waals surface area contributed by atoms with E-state index in [0.29, 0.717) is 67.9 Å². The number of Topliss-reactive ketones (excluding diaryl/α,β-unsaturated/α-hetero) is 2. The maximum absolute atomic E-state index is 14.0. The monoisotopic (exact) mass is 1380 g/mol. The summed E-state index contributed by atoms with van der Waals surface area (Å²) in [7, 11) is 2.17. The van der Waals surface area contributed by atoms with Crippen molar-refractivity contribution in [2.75, 3.05) is 50.5 Å². The first-order valence-electron chi connectivity index (χ1n) is 30.2. The van der Waals surface area contributed by atoms with Crippen molar-refractivity contribution < 1.29 is 68.4 Å². The molecule has 1 unspecified atom stereocenters. The molecule has 10 rings (SSSR count). The van der Waals surface area contributed by atoms with Gasteiger partial charge in [0.05, 0.1) is 42.5 Å². The van der Waals surface area contributed by atoms with Gasteiger partial charge in [0.1, 0.15) is 40.8 Å². The highest BCUT2D eigenvalue weighted by Gasteiger charge is 2.36. The lowest BCUT2D eigenvalue weighted by Gasteiger charge is -2.20. The number of benzene rings is 5. The van der Waals surface area contributed by atoms with Crippen LogP contribution in [0.3, 0.4) is 0 Å². The molecule has 0 spiro atoms. The van der Waals surface area contributed by atoms with Crippen LogP contribution in [0.15, 0.2) is 114 Å². The van der Waals surface area contributed by atoms with Gasteiger partial charge in [-0.25, -0.2) is 19.6 Å². The molecule has 0 bridgehead atoms. The maximum Gasteiger partial charge on any atom is 0.327 e. The Labute approximate surface area is 562 Å². The fraction of sp³-hybridized carbons (Fsp3) is 0.262. The lowest BCUT2D eigenvalue weighted by atomic mass is 9.92. The molecule has 4 aromatic heterocycles. The number of phenols is 1. The van der Waals surface area contributed by atoms with Crippen LogP contribution in [0.2, 0.25) is 0 Å². The minimum atomic E-state index is -1.54. The Kier molecular flexibility index (Phi) is 21.8. The van der Waals surface area contributed by atoms with Crippen LogP contribution >= 0.6 is 33.2 Å². The number of alkyl halides is 1. The van der Waals surface area contributed by atoms with E-state index in [1.54, 1.807) is 71.6 Å². The predicted molar refractivity (Wildman–Crippen MR) is 365 cm³/mol. The molecule has 0 saturated heterocycles. The molecule has 5 amide bonds. The molecule has 9 aromatic rings. The molecule has 0 saturated carbocycles. The van der Waals surface area contributed by atoms with Crippen LogP contribution in [0.1, 0.15) is 93.5 Å². The van der Waals surface area contributed by atoms with Crippen LogP contribution in [0, 0.1) is 5.92 Å². The molecule has 0 aliphatic carbocycles. The summed E-state index contributed by atoms with van der Waals surface area (Å²) in [6, 6.07) is 24.2. The normalized spacial score (nSPS) is 13.9. The summed E-state index contributed by atoms with van der Waals surface area (Å²) in [5.41, 5.74) is 16.4. The van der Waals surface area contributed by atoms with Crippen LogP contribution in [0.5, 0.6) is 5.75 Å². The molecule has 97 heavy (non-hydrogen) atoms. The van der Waals surface area contributed by atoms with Crippen molar-refractivity contribution in [3.8, 4) is 5.75 Å². The minimum absolute atomic E-state index is 0.00396. The SMILES string of the molecule is Nc1nc2ncc(CNc3ccc(C(=O)N[C@H](CCC(=O)CC[C@H](N)C(=O)C[C@@H](CC(=O)O)C(=O)N[C@@H](CSSCCC(=O)Nc4ccc5[nH]c(C(=O)Nc6ccc7[nH]c(C(=O)N8CC(CCl)c9c8cc(O)c8ccccc98)cc7c6)cc5c4)C(=O)O)C(=O)O)cc3)nc2c(=O)[nH]1. The number of fused-ring (bicyclic) bond motifs is 6. The Morgan fingerprint density at radius 3 is 2.06 bits per heavy atom. The fourth-order valence-corrected chi connectivity index (χ4v) is 13.4. The van der Waals surface area contributed by atoms with Gasteiger partial charge in [-0.3, -0.25) is 48.1 Å². The molecule has 1 aliphatic rings. The van der Waals surface area contributed by atoms with E-state index < -0.39 is 89.6 Å². The predicted octanol–water partition coefficient (Wildman–Crippen LogP) is 6.63. The number of H-pyrrole nitrogens is 3. The summed E-state index contributed by atoms with van der Waals surface area (Å²) in [6.45, 7) is 0.469. The number of nitrogen functional groups attached to an aromatic ring is 1. The number of aromatic nitrogens is 6. The molecule has 502 valence electrons. The van der Waals surface area contributed by atoms with E-state index >= 15 is 0 Å². The van der Waals surface area contributed by atoms with Crippen molar-refractivity contribution in [3.63, 3.8) is 0 Å². The number of phenolic OH excluding ortho intramolecular Hbond substituents is 1. The number of carboxylic acid groups (broad SMARTS) is 3. The highest BCUT2D eigenvalue weighted by molar-refractivity contribution is 8.76. The van der Waals surface area contributed by atoms with Crippen molar-refractivity contribution >= 4 is 165 Å². The van der Waals surface area contributed by atoms with Crippen molar-refractivity contribution in [2.24, 2.45) is 11.7 Å². The van der Waals surface area contributed by atoms with Gasteiger partial charge in [0.25, 0.3) is 23.3 Å². The van der Waals surface area contributed by atoms with E-state index in [0.717, 1.165) is 32.5 Å². The third-order valence-electron chi connectivity index (χ3n) is 16.0. The van der Waals surface area contributed by atoms with E-state index in [1.807, 2.05) is 24.3 Å². The van der Waals surface area contributed by atoms with Crippen LogP contribution in [0.4, 0.5) is 28.7 Å². The van der Waals surface area contributed by atoms with Gasteiger partial charge in [-0.05, 0) is 96.6 Å². The number of aromatic amines is 3. The first-order valence-corrected chi connectivity index (χ1v) is 33.2. The van der Waals surface area contributed by atoms with Gasteiger partial charge >= 0.3 is 17.9 Å². The van der Waals surface area contributed by atoms with Crippen molar-refractivity contribution in [1.82, 2.24) is 40.5 Å². The standard InChI is InChI=1S/C65H63ClN14O15S2/c66-26-35-29-80(50-25-51(82)41-3-1-2-4-42(41)55(35)50)62(91)48-22-33-20-38(10-15-45(33)75-48)73-60(89)47-21-32-19-37(9-14-44(32)74-47)71-53(84)17-18-96-97-30-49(64(94)95)77-59(88)34(24-54(85)86)23-52(83)43(67)13-11-40(81)12-16-46(63(92)93)76-58(87)31-5-7-36(8-6-31)69-27-39-28-70-57-56(72-39)61(90)79-65(68)78-57/h1-10,14-15,19-22,25,28,34-35,43,46,49,69,74-75,82H,11-13,16-18,23-24,26-27,29-30,67H2,(H,71,84)(H,73,89)(H,76,87)(H,77,88)(H,85,86)(H,92,93)(H,94,95)(H3,68,70,78,79,90)/t34-,35?,43-,46+,49-/m0/s1. The molecule has 16 N–H and O–H groups in total. The number of hydrogen-bond donors (Lipinski definition) is 14. The van der Waals surface area contributed by atoms with Gasteiger partial charge in [0.15, 0.2) is 11.2 Å². The molecule has 0 fully saturated rings. The smallest absolute Gasteiger partial charge is 0.327 e. The Bertz CT molecular complexity index is 4660. The van der Waals surface area contributed by atoms with Crippen LogP contribution < -0.4 is 48.5 Å². The van der Waals surface area contributed by atoms with Gasteiger partial charge in [-0.2, -0.15) is 4.98 Å². The molecule has 5 heterocycles. The minimum Gasteiger partial charge on any atom is -0.507 e. The second-order valence-electron chi connectivity index (χ2n) is 22.8. The number of rotatable bonds is 31. The number of carbonyl (C=O) groups is 10. The molecule has 1 aliphatic heterocycles. The number of nitrogens with zero attached hydrogens (tertiary/aromatic N) is 4. The molecule has 0 radical (unpaired) electrons. The lowest BCUT2D eigenvalue weighted by molar-refractivity contribution is -0.144. The van der Waals surface area contributed by atoms with E-state index in [2.05, 4.69) is 56.5 Å². The number of anilines is 5. The van der Waals surface area contributed by atoms with Crippen molar-refractivity contribution in [3.05, 3.63) is 148 Å². The average Bonchev–Trinajstić information content (AvgIpc) is 1.62. The zero-order valence-electron chi connectivity index (χ0n) is 51.2. The summed E-state index contributed by atoms with van der Waals surface area (Å²) in [4.78, 5) is 164. The Hall–Kier alpha value is -10.9. The van der Waals surface area contributed by atoms with Gasteiger partial charge in [-0.1, -0.05) is 45.9 Å². The first-order chi connectivity index (χ1) is 46.5. The Morgan fingerprint density at radius 1 is 0.711 bits per heavy atom. The first kappa shape index (κ1) is 69.0. The molecular formula is C65H63ClN14O15S2. The highest BCUT2D eigenvalue weighted by Crippen LogP contribution is 2.46. The van der Waals surface area contributed by atoms with E-state index in [4.69, 9.17) is 23.1 Å². The van der Waals surface area contributed by atoms with E-state index in [-0.39, 0.29) is 108 Å². The van der Waals surface area contributed by atoms with Crippen LogP contribution in [-0.2, 0) is 40.1 Å². The largest absolute Gasteiger partial charge is 0.507 e. The summed E-state index contributed by atoms with van der Waals surface area (Å²) >= 11 is 6.40. The maximum atomic E-state index is 14.0. The molecule has 29 nitrogen and oxygen atoms in total. The lowest BCUT2D eigenvalue weighted by Crippen LogP contribution is -2.46.